The van der Waals surface area contributed by atoms with Crippen LogP contribution in [0.15, 0.2) is 67.2 Å². The topological polar surface area (TPSA) is 94.0 Å². The molecule has 0 amide bonds. The van der Waals surface area contributed by atoms with Gasteiger partial charge in [-0.25, -0.2) is 4.99 Å². The maximum absolute atomic E-state index is 9.85. The molecule has 3 aromatic heterocycles. The summed E-state index contributed by atoms with van der Waals surface area (Å²) in [7, 11) is 0. The van der Waals surface area contributed by atoms with Crippen molar-refractivity contribution < 1.29 is 22.7 Å². The molecule has 4 aromatic rings. The van der Waals surface area contributed by atoms with E-state index in [1.165, 1.54) is 18.7 Å². The van der Waals surface area contributed by atoms with E-state index >= 15 is 0 Å². The van der Waals surface area contributed by atoms with Crippen molar-refractivity contribution in [3.63, 3.8) is 0 Å². The second kappa shape index (κ2) is 9.86. The number of rotatable bonds is 8. The van der Waals surface area contributed by atoms with E-state index in [2.05, 4.69) is 17.0 Å². The Labute approximate surface area is 194 Å². The van der Waals surface area contributed by atoms with Crippen molar-refractivity contribution in [1.29, 1.82) is 5.26 Å². The maximum Gasteiger partial charge on any atom is 0.238 e. The molecule has 0 spiro atoms. The molecule has 33 heavy (non-hydrogen) atoms. The van der Waals surface area contributed by atoms with Crippen molar-refractivity contribution in [1.82, 2.24) is 0 Å². The monoisotopic (exact) mass is 460 g/mol. The number of furan rings is 3. The summed E-state index contributed by atoms with van der Waals surface area (Å²) < 4.78 is 28.1. The number of aliphatic imine (C=N–C) groups is 1. The molecule has 0 atom stereocenters. The SMILES string of the molecule is C#CCOc1c(Cl)cc(C=Nc2oc(-c3ccco3)c(-c3ccco3)c2C#N)cc1OCC. The van der Waals surface area contributed by atoms with Crippen molar-refractivity contribution in [3.05, 3.63) is 65.1 Å². The predicted octanol–water partition coefficient (Wildman–Crippen LogP) is 6.49. The van der Waals surface area contributed by atoms with Gasteiger partial charge in [-0.2, -0.15) is 5.26 Å². The second-order valence-electron chi connectivity index (χ2n) is 6.57. The van der Waals surface area contributed by atoms with Crippen molar-refractivity contribution in [3.8, 4) is 52.8 Å². The lowest BCUT2D eigenvalue weighted by Gasteiger charge is -2.12. The first kappa shape index (κ1) is 21.9. The van der Waals surface area contributed by atoms with Gasteiger partial charge < -0.3 is 22.7 Å². The van der Waals surface area contributed by atoms with Gasteiger partial charge in [0, 0.05) is 6.21 Å². The third kappa shape index (κ3) is 4.50. The Kier molecular flexibility index (Phi) is 6.54. The van der Waals surface area contributed by atoms with Crippen LogP contribution in [0.25, 0.3) is 22.8 Å². The van der Waals surface area contributed by atoms with Crippen molar-refractivity contribution in [2.75, 3.05) is 13.2 Å². The molecule has 8 heteroatoms. The van der Waals surface area contributed by atoms with Crippen LogP contribution in [0.3, 0.4) is 0 Å². The number of nitriles is 1. The average Bonchev–Trinajstić information content (AvgIpc) is 3.57. The summed E-state index contributed by atoms with van der Waals surface area (Å²) in [5, 5.41) is 10.2. The first-order chi connectivity index (χ1) is 16.2. The lowest BCUT2D eigenvalue weighted by molar-refractivity contribution is 0.299. The van der Waals surface area contributed by atoms with E-state index in [4.69, 9.17) is 40.7 Å². The number of halogens is 1. The molecule has 0 fully saturated rings. The molecule has 0 aliphatic carbocycles. The smallest absolute Gasteiger partial charge is 0.238 e. The summed E-state index contributed by atoms with van der Waals surface area (Å²) in [6, 6.07) is 12.4. The van der Waals surface area contributed by atoms with Crippen molar-refractivity contribution in [2.45, 2.75) is 6.92 Å². The van der Waals surface area contributed by atoms with Gasteiger partial charge in [-0.05, 0) is 48.9 Å². The highest BCUT2D eigenvalue weighted by Crippen LogP contribution is 2.43. The molecule has 7 nitrogen and oxygen atoms in total. The van der Waals surface area contributed by atoms with Gasteiger partial charge in [-0.1, -0.05) is 17.5 Å². The quantitative estimate of drug-likeness (QED) is 0.220. The molecule has 4 rings (SSSR count). The Morgan fingerprint density at radius 3 is 2.55 bits per heavy atom. The molecule has 3 heterocycles. The highest BCUT2D eigenvalue weighted by molar-refractivity contribution is 6.32. The average molecular weight is 461 g/mol. The number of ether oxygens (including phenoxy) is 2. The molecular formula is C25H17ClN2O5. The zero-order chi connectivity index (χ0) is 23.2. The second-order valence-corrected chi connectivity index (χ2v) is 6.97. The minimum absolute atomic E-state index is 0.0519. The molecule has 1 aromatic carbocycles. The van der Waals surface area contributed by atoms with Gasteiger partial charge in [0.05, 0.1) is 29.7 Å². The van der Waals surface area contributed by atoms with Gasteiger partial charge in [-0.3, -0.25) is 0 Å². The number of nitrogens with zero attached hydrogens (tertiary/aromatic N) is 2. The summed E-state index contributed by atoms with van der Waals surface area (Å²) in [6.45, 7) is 2.30. The van der Waals surface area contributed by atoms with E-state index in [0.29, 0.717) is 51.5 Å². The van der Waals surface area contributed by atoms with Crippen LogP contribution in [0.4, 0.5) is 5.88 Å². The number of benzene rings is 1. The molecule has 164 valence electrons. The third-order valence-corrected chi connectivity index (χ3v) is 4.76. The summed E-state index contributed by atoms with van der Waals surface area (Å²) >= 11 is 6.37. The third-order valence-electron chi connectivity index (χ3n) is 4.48. The fraction of sp³-hybridized carbons (Fsp3) is 0.120. The Bertz CT molecular complexity index is 1350. The van der Waals surface area contributed by atoms with Crippen LogP contribution < -0.4 is 9.47 Å². The number of terminal acetylenes is 1. The first-order valence-electron chi connectivity index (χ1n) is 9.87. The Hall–Kier alpha value is -4.33. The maximum atomic E-state index is 9.85. The molecule has 0 N–H and O–H groups in total. The van der Waals surface area contributed by atoms with Gasteiger partial charge in [0.2, 0.25) is 5.88 Å². The Balaban J connectivity index is 1.77. The van der Waals surface area contributed by atoms with Gasteiger partial charge in [0.25, 0.3) is 0 Å². The molecule has 0 unspecified atom stereocenters. The predicted molar refractivity (Wildman–Crippen MR) is 123 cm³/mol. The van der Waals surface area contributed by atoms with Crippen molar-refractivity contribution >= 4 is 23.7 Å². The summed E-state index contributed by atoms with van der Waals surface area (Å²) in [6.07, 6.45) is 9.81. The van der Waals surface area contributed by atoms with E-state index in [-0.39, 0.29) is 18.1 Å². The van der Waals surface area contributed by atoms with E-state index < -0.39 is 0 Å². The molecular weight excluding hydrogens is 444 g/mol. The van der Waals surface area contributed by atoms with Crippen LogP contribution in [0.2, 0.25) is 5.02 Å². The summed E-state index contributed by atoms with van der Waals surface area (Å²) in [5.74, 6) is 4.50. The molecule has 0 saturated heterocycles. The zero-order valence-electron chi connectivity index (χ0n) is 17.5. The van der Waals surface area contributed by atoms with E-state index in [1.54, 1.807) is 36.4 Å². The molecule has 0 bridgehead atoms. The number of hydrogen-bond acceptors (Lipinski definition) is 7. The van der Waals surface area contributed by atoms with Gasteiger partial charge in [0.1, 0.15) is 24.0 Å². The minimum Gasteiger partial charge on any atom is -0.490 e. The van der Waals surface area contributed by atoms with E-state index in [0.717, 1.165) is 0 Å². The first-order valence-corrected chi connectivity index (χ1v) is 10.2. The van der Waals surface area contributed by atoms with Gasteiger partial charge >= 0.3 is 0 Å². The fourth-order valence-electron chi connectivity index (χ4n) is 3.16. The van der Waals surface area contributed by atoms with Gasteiger partial charge in [-0.15, -0.1) is 6.42 Å². The zero-order valence-corrected chi connectivity index (χ0v) is 18.3. The van der Waals surface area contributed by atoms with Crippen molar-refractivity contribution in [2.24, 2.45) is 4.99 Å². The molecule has 0 aliphatic rings. The largest absolute Gasteiger partial charge is 0.490 e. The summed E-state index contributed by atoms with van der Waals surface area (Å²) in [5.41, 5.74) is 1.27. The standard InChI is InChI=1S/C25H17ClN2O5/c1-3-9-32-23-18(26)12-16(13-21(23)29-4-2)15-28-25-17(14-27)22(19-7-5-10-30-19)24(33-25)20-8-6-11-31-20/h1,5-8,10-13,15H,4,9H2,2H3. The van der Waals surface area contributed by atoms with Crippen LogP contribution >= 0.6 is 11.6 Å². The lowest BCUT2D eigenvalue weighted by atomic mass is 10.1. The normalized spacial score (nSPS) is 10.8. The van der Waals surface area contributed by atoms with Crippen LogP contribution in [0.1, 0.15) is 18.1 Å². The minimum atomic E-state index is 0.0519. The molecule has 0 radical (unpaired) electrons. The number of hydrogen-bond donors (Lipinski definition) is 0. The lowest BCUT2D eigenvalue weighted by Crippen LogP contribution is -2.01. The Morgan fingerprint density at radius 2 is 1.91 bits per heavy atom. The highest BCUT2D eigenvalue weighted by atomic mass is 35.5. The molecule has 0 aliphatic heterocycles. The Morgan fingerprint density at radius 1 is 1.15 bits per heavy atom. The van der Waals surface area contributed by atoms with E-state index in [1.807, 2.05) is 6.92 Å². The summed E-state index contributed by atoms with van der Waals surface area (Å²) in [4.78, 5) is 4.40. The fourth-order valence-corrected chi connectivity index (χ4v) is 3.44. The van der Waals surface area contributed by atoms with Crippen LogP contribution in [0, 0.1) is 23.7 Å². The molecule has 0 saturated carbocycles. The van der Waals surface area contributed by atoms with E-state index in [9.17, 15) is 5.26 Å². The highest BCUT2D eigenvalue weighted by Gasteiger charge is 2.26. The van der Waals surface area contributed by atoms with Gasteiger partial charge in [0.15, 0.2) is 23.0 Å². The van der Waals surface area contributed by atoms with Crippen LogP contribution in [-0.2, 0) is 0 Å². The van der Waals surface area contributed by atoms with Crippen LogP contribution in [0.5, 0.6) is 11.5 Å². The van der Waals surface area contributed by atoms with Crippen LogP contribution in [-0.4, -0.2) is 19.4 Å².